The van der Waals surface area contributed by atoms with Crippen molar-refractivity contribution in [3.05, 3.63) is 28.7 Å². The summed E-state index contributed by atoms with van der Waals surface area (Å²) in [6.45, 7) is 4.20. The molecule has 0 amide bonds. The molecular formula is C12H17BrOS. The molecule has 1 rings (SSSR count). The van der Waals surface area contributed by atoms with Gasteiger partial charge in [0.05, 0.1) is 6.10 Å². The summed E-state index contributed by atoms with van der Waals surface area (Å²) >= 11 is 5.14. The largest absolute Gasteiger partial charge is 0.392 e. The summed E-state index contributed by atoms with van der Waals surface area (Å²) in [5.74, 6) is 1.15. The number of benzene rings is 1. The van der Waals surface area contributed by atoms with Crippen LogP contribution in [-0.4, -0.2) is 17.0 Å². The van der Waals surface area contributed by atoms with Gasteiger partial charge in [0, 0.05) is 15.1 Å². The first kappa shape index (κ1) is 13.1. The van der Waals surface area contributed by atoms with Crippen LogP contribution in [0.15, 0.2) is 33.6 Å². The van der Waals surface area contributed by atoms with E-state index < -0.39 is 0 Å². The second kappa shape index (κ2) is 6.56. The summed E-state index contributed by atoms with van der Waals surface area (Å²) in [4.78, 5) is 1.20. The molecule has 0 spiro atoms. The highest BCUT2D eigenvalue weighted by Gasteiger charge is 2.12. The van der Waals surface area contributed by atoms with Crippen LogP contribution in [0.3, 0.4) is 0 Å². The van der Waals surface area contributed by atoms with Gasteiger partial charge < -0.3 is 5.11 Å². The van der Waals surface area contributed by atoms with Gasteiger partial charge in [-0.05, 0) is 24.1 Å². The molecule has 84 valence electrons. The molecule has 1 aromatic carbocycles. The predicted octanol–water partition coefficient (Wildman–Crippen LogP) is 3.95. The van der Waals surface area contributed by atoms with E-state index in [2.05, 4.69) is 41.9 Å². The van der Waals surface area contributed by atoms with Crippen molar-refractivity contribution in [2.75, 3.05) is 5.75 Å². The Bertz CT molecular complexity index is 303. The van der Waals surface area contributed by atoms with E-state index in [1.54, 1.807) is 11.8 Å². The van der Waals surface area contributed by atoms with Crippen molar-refractivity contribution in [3.8, 4) is 0 Å². The Morgan fingerprint density at radius 3 is 2.80 bits per heavy atom. The number of hydrogen-bond donors (Lipinski definition) is 1. The lowest BCUT2D eigenvalue weighted by Crippen LogP contribution is -2.19. The molecule has 0 aliphatic heterocycles. The second-order valence-corrected chi connectivity index (χ2v) is 5.73. The molecular weight excluding hydrogens is 272 g/mol. The summed E-state index contributed by atoms with van der Waals surface area (Å²) in [6, 6.07) is 8.17. The van der Waals surface area contributed by atoms with Gasteiger partial charge in [-0.25, -0.2) is 0 Å². The van der Waals surface area contributed by atoms with Crippen LogP contribution in [0.25, 0.3) is 0 Å². The topological polar surface area (TPSA) is 20.2 Å². The Morgan fingerprint density at radius 2 is 2.20 bits per heavy atom. The van der Waals surface area contributed by atoms with Crippen LogP contribution in [0.2, 0.25) is 0 Å². The fourth-order valence-corrected chi connectivity index (χ4v) is 2.80. The third kappa shape index (κ3) is 4.58. The van der Waals surface area contributed by atoms with E-state index in [-0.39, 0.29) is 6.10 Å². The third-order valence-electron chi connectivity index (χ3n) is 2.52. The standard InChI is InChI=1S/C12H17BrOS/c1-3-9(2)12(14)8-15-11-6-4-5-10(13)7-11/h4-7,9,12,14H,3,8H2,1-2H3. The quantitative estimate of drug-likeness (QED) is 0.828. The number of aliphatic hydroxyl groups is 1. The molecule has 0 aliphatic carbocycles. The average molecular weight is 289 g/mol. The van der Waals surface area contributed by atoms with E-state index in [1.165, 1.54) is 4.90 Å². The van der Waals surface area contributed by atoms with Crippen LogP contribution in [-0.2, 0) is 0 Å². The molecule has 0 heterocycles. The Kier molecular flexibility index (Phi) is 5.72. The molecule has 0 aromatic heterocycles. The maximum atomic E-state index is 9.82. The van der Waals surface area contributed by atoms with Gasteiger partial charge in [0.25, 0.3) is 0 Å². The summed E-state index contributed by atoms with van der Waals surface area (Å²) < 4.78 is 1.09. The van der Waals surface area contributed by atoms with Gasteiger partial charge in [0.1, 0.15) is 0 Å². The minimum atomic E-state index is -0.209. The monoisotopic (exact) mass is 288 g/mol. The number of aliphatic hydroxyl groups excluding tert-OH is 1. The van der Waals surface area contributed by atoms with Crippen molar-refractivity contribution < 1.29 is 5.11 Å². The lowest BCUT2D eigenvalue weighted by molar-refractivity contribution is 0.137. The third-order valence-corrected chi connectivity index (χ3v) is 4.11. The van der Waals surface area contributed by atoms with Crippen molar-refractivity contribution in [3.63, 3.8) is 0 Å². The highest BCUT2D eigenvalue weighted by atomic mass is 79.9. The van der Waals surface area contributed by atoms with Crippen molar-refractivity contribution in [1.82, 2.24) is 0 Å². The van der Waals surface area contributed by atoms with E-state index >= 15 is 0 Å². The zero-order valence-electron chi connectivity index (χ0n) is 9.11. The first-order valence-electron chi connectivity index (χ1n) is 5.20. The lowest BCUT2D eigenvalue weighted by Gasteiger charge is -2.16. The maximum Gasteiger partial charge on any atom is 0.0659 e. The van der Waals surface area contributed by atoms with E-state index in [0.717, 1.165) is 16.6 Å². The smallest absolute Gasteiger partial charge is 0.0659 e. The Labute approximate surface area is 104 Å². The summed E-state index contributed by atoms with van der Waals surface area (Å²) in [7, 11) is 0. The molecule has 0 aliphatic rings. The number of hydrogen-bond acceptors (Lipinski definition) is 2. The molecule has 0 bridgehead atoms. The van der Waals surface area contributed by atoms with Gasteiger partial charge in [0.15, 0.2) is 0 Å². The minimum Gasteiger partial charge on any atom is -0.392 e. The number of rotatable bonds is 5. The minimum absolute atomic E-state index is 0.209. The first-order chi connectivity index (χ1) is 7.13. The number of halogens is 1. The van der Waals surface area contributed by atoms with Crippen LogP contribution >= 0.6 is 27.7 Å². The van der Waals surface area contributed by atoms with Crippen molar-refractivity contribution in [2.24, 2.45) is 5.92 Å². The highest BCUT2D eigenvalue weighted by molar-refractivity contribution is 9.10. The van der Waals surface area contributed by atoms with Gasteiger partial charge in [-0.3, -0.25) is 0 Å². The van der Waals surface area contributed by atoms with Crippen molar-refractivity contribution in [1.29, 1.82) is 0 Å². The molecule has 2 atom stereocenters. The Hall–Kier alpha value is 0.01000. The molecule has 1 N–H and O–H groups in total. The van der Waals surface area contributed by atoms with E-state index in [4.69, 9.17) is 0 Å². The van der Waals surface area contributed by atoms with Crippen molar-refractivity contribution >= 4 is 27.7 Å². The molecule has 15 heavy (non-hydrogen) atoms. The fourth-order valence-electron chi connectivity index (χ4n) is 1.17. The molecule has 0 fully saturated rings. The zero-order valence-corrected chi connectivity index (χ0v) is 11.5. The van der Waals surface area contributed by atoms with Crippen LogP contribution in [0.1, 0.15) is 20.3 Å². The van der Waals surface area contributed by atoms with E-state index in [0.29, 0.717) is 5.92 Å². The number of thioether (sulfide) groups is 1. The molecule has 0 saturated heterocycles. The van der Waals surface area contributed by atoms with Crippen LogP contribution in [0.5, 0.6) is 0 Å². The van der Waals surface area contributed by atoms with Gasteiger partial charge in [-0.1, -0.05) is 42.3 Å². The fraction of sp³-hybridized carbons (Fsp3) is 0.500. The van der Waals surface area contributed by atoms with E-state index in [1.807, 2.05) is 12.1 Å². The van der Waals surface area contributed by atoms with E-state index in [9.17, 15) is 5.11 Å². The molecule has 3 heteroatoms. The Balaban J connectivity index is 2.43. The zero-order chi connectivity index (χ0) is 11.3. The second-order valence-electron chi connectivity index (χ2n) is 3.72. The normalized spacial score (nSPS) is 14.9. The summed E-state index contributed by atoms with van der Waals surface area (Å²) in [6.07, 6.45) is 0.819. The first-order valence-corrected chi connectivity index (χ1v) is 6.97. The van der Waals surface area contributed by atoms with Gasteiger partial charge in [-0.15, -0.1) is 11.8 Å². The van der Waals surface area contributed by atoms with Crippen molar-refractivity contribution in [2.45, 2.75) is 31.3 Å². The molecule has 1 nitrogen and oxygen atoms in total. The average Bonchev–Trinajstić information content (AvgIpc) is 2.25. The van der Waals surface area contributed by atoms with Gasteiger partial charge in [0.2, 0.25) is 0 Å². The highest BCUT2D eigenvalue weighted by Crippen LogP contribution is 2.24. The molecule has 0 saturated carbocycles. The predicted molar refractivity (Wildman–Crippen MR) is 70.3 cm³/mol. The summed E-state index contributed by atoms with van der Waals surface area (Å²) in [5.41, 5.74) is 0. The molecule has 1 aromatic rings. The Morgan fingerprint density at radius 1 is 1.47 bits per heavy atom. The molecule has 0 radical (unpaired) electrons. The maximum absolute atomic E-state index is 9.82. The van der Waals surface area contributed by atoms with Crippen LogP contribution < -0.4 is 0 Å². The molecule has 2 unspecified atom stereocenters. The lowest BCUT2D eigenvalue weighted by atomic mass is 10.0. The SMILES string of the molecule is CCC(C)C(O)CSc1cccc(Br)c1. The van der Waals surface area contributed by atoms with Gasteiger partial charge >= 0.3 is 0 Å². The summed E-state index contributed by atoms with van der Waals surface area (Å²) in [5, 5.41) is 9.82. The van der Waals surface area contributed by atoms with Crippen LogP contribution in [0, 0.1) is 5.92 Å². The van der Waals surface area contributed by atoms with Gasteiger partial charge in [-0.2, -0.15) is 0 Å². The van der Waals surface area contributed by atoms with Crippen LogP contribution in [0.4, 0.5) is 0 Å².